The number of aryl methyl sites for hydroxylation is 3. The largest absolute Gasteiger partial charge is 0.493 e. The second-order valence-corrected chi connectivity index (χ2v) is 20.7. The quantitative estimate of drug-likeness (QED) is 0.0613. The van der Waals surface area contributed by atoms with E-state index in [0.717, 1.165) is 49.8 Å². The number of fused-ring (bicyclic) bond motifs is 3. The van der Waals surface area contributed by atoms with Gasteiger partial charge in [0, 0.05) is 106 Å². The SMILES string of the molecule is Cc1nn(C)c(C)c1-c1c(Cl)ccc2c(CCCOc3cccc4cc(F)ccc34)c(C(=O)OC(C)(C)C)n(CCN3CCN(C(=O)COc4c(N(C)C)ccc5c4CN(C4CCC(=O)NC4=O)C5=O)CC3)c12. The van der Waals surface area contributed by atoms with Crippen molar-refractivity contribution in [2.75, 3.05) is 64.9 Å². The summed E-state index contributed by atoms with van der Waals surface area (Å²) in [5, 5.41) is 10.0. The Balaban J connectivity index is 0.949. The van der Waals surface area contributed by atoms with Crippen molar-refractivity contribution < 1.29 is 42.6 Å². The molecule has 2 saturated heterocycles. The van der Waals surface area contributed by atoms with Crippen molar-refractivity contribution in [2.45, 2.75) is 85.0 Å². The highest BCUT2D eigenvalue weighted by Crippen LogP contribution is 2.43. The van der Waals surface area contributed by atoms with E-state index in [9.17, 15) is 28.4 Å². The number of piperidine rings is 1. The average molecular weight is 1020 g/mol. The van der Waals surface area contributed by atoms with E-state index in [2.05, 4.69) is 14.8 Å². The van der Waals surface area contributed by atoms with Gasteiger partial charge in [-0.3, -0.25) is 34.1 Å². The number of imide groups is 1. The highest BCUT2D eigenvalue weighted by atomic mass is 35.5. The maximum absolute atomic E-state index is 14.7. The van der Waals surface area contributed by atoms with Gasteiger partial charge in [-0.25, -0.2) is 9.18 Å². The molecule has 2 fully saturated rings. The van der Waals surface area contributed by atoms with Gasteiger partial charge >= 0.3 is 5.97 Å². The maximum atomic E-state index is 14.7. The van der Waals surface area contributed by atoms with Crippen molar-refractivity contribution in [3.05, 3.63) is 105 Å². The van der Waals surface area contributed by atoms with Crippen molar-refractivity contribution in [1.29, 1.82) is 0 Å². The molecule has 6 aromatic rings. The van der Waals surface area contributed by atoms with E-state index >= 15 is 0 Å². The van der Waals surface area contributed by atoms with E-state index in [-0.39, 0.29) is 49.5 Å². The summed E-state index contributed by atoms with van der Waals surface area (Å²) in [6.45, 7) is 12.6. The first kappa shape index (κ1) is 50.9. The number of aromatic nitrogens is 3. The van der Waals surface area contributed by atoms with Crippen LogP contribution in [0.5, 0.6) is 11.5 Å². The number of piperazine rings is 1. The second-order valence-electron chi connectivity index (χ2n) is 20.3. The van der Waals surface area contributed by atoms with E-state index in [1.165, 1.54) is 17.0 Å². The van der Waals surface area contributed by atoms with E-state index < -0.39 is 23.5 Å². The molecule has 0 bridgehead atoms. The van der Waals surface area contributed by atoms with Crippen LogP contribution in [0.2, 0.25) is 5.02 Å². The minimum Gasteiger partial charge on any atom is -0.493 e. The third kappa shape index (κ3) is 10.2. The van der Waals surface area contributed by atoms with Crippen LogP contribution in [-0.2, 0) is 45.7 Å². The summed E-state index contributed by atoms with van der Waals surface area (Å²) in [6, 6.07) is 16.8. The summed E-state index contributed by atoms with van der Waals surface area (Å²) in [4.78, 5) is 74.2. The highest BCUT2D eigenvalue weighted by Gasteiger charge is 2.41. The van der Waals surface area contributed by atoms with Crippen molar-refractivity contribution in [2.24, 2.45) is 7.05 Å². The van der Waals surface area contributed by atoms with Gasteiger partial charge in [-0.2, -0.15) is 5.10 Å². The van der Waals surface area contributed by atoms with Gasteiger partial charge in [0.1, 0.15) is 34.7 Å². The number of nitrogens with one attached hydrogen (secondary N) is 1. The first-order valence-corrected chi connectivity index (χ1v) is 25.2. The van der Waals surface area contributed by atoms with Crippen LogP contribution in [0, 0.1) is 19.7 Å². The van der Waals surface area contributed by atoms with Crippen LogP contribution in [0.3, 0.4) is 0 Å². The zero-order chi connectivity index (χ0) is 52.0. The summed E-state index contributed by atoms with van der Waals surface area (Å²) in [5.74, 6) is -1.12. The molecule has 1 unspecified atom stereocenters. The molecule has 0 spiro atoms. The van der Waals surface area contributed by atoms with E-state index in [0.29, 0.717) is 97.7 Å². The van der Waals surface area contributed by atoms with Crippen molar-refractivity contribution in [3.63, 3.8) is 0 Å². The molecule has 0 saturated carbocycles. The average Bonchev–Trinajstić information content (AvgIpc) is 3.93. The van der Waals surface area contributed by atoms with Gasteiger partial charge in [0.15, 0.2) is 6.61 Å². The zero-order valence-electron chi connectivity index (χ0n) is 42.7. The molecule has 16 nitrogen and oxygen atoms in total. The predicted molar refractivity (Wildman–Crippen MR) is 277 cm³/mol. The molecular weight excluding hydrogens is 955 g/mol. The van der Waals surface area contributed by atoms with Gasteiger partial charge in [-0.1, -0.05) is 29.8 Å². The summed E-state index contributed by atoms with van der Waals surface area (Å²) >= 11 is 7.22. The Bertz CT molecular complexity index is 3190. The minimum absolute atomic E-state index is 0.109. The van der Waals surface area contributed by atoms with Gasteiger partial charge < -0.3 is 33.5 Å². The van der Waals surface area contributed by atoms with Crippen LogP contribution in [-0.4, -0.2) is 130 Å². The third-order valence-electron chi connectivity index (χ3n) is 14.1. The number of benzene rings is 4. The van der Waals surface area contributed by atoms with Gasteiger partial charge in [-0.15, -0.1) is 0 Å². The monoisotopic (exact) mass is 1020 g/mol. The van der Waals surface area contributed by atoms with Crippen LogP contribution >= 0.6 is 11.6 Å². The number of carbonyl (C=O) groups is 5. The number of esters is 1. The Kier molecular flexibility index (Phi) is 14.3. The third-order valence-corrected chi connectivity index (χ3v) is 14.4. The molecule has 0 radical (unpaired) electrons. The summed E-state index contributed by atoms with van der Waals surface area (Å²) in [6.07, 6.45) is 1.40. The first-order chi connectivity index (χ1) is 34.8. The molecule has 3 aliphatic heterocycles. The number of ether oxygens (including phenoxy) is 3. The number of anilines is 1. The maximum Gasteiger partial charge on any atom is 0.355 e. The van der Waals surface area contributed by atoms with E-state index in [1.54, 1.807) is 23.1 Å². The molecule has 1 N–H and O–H groups in total. The Morgan fingerprint density at radius 2 is 1.68 bits per heavy atom. The molecule has 1 atom stereocenters. The molecule has 18 heteroatoms. The fourth-order valence-electron chi connectivity index (χ4n) is 10.5. The van der Waals surface area contributed by atoms with Crippen LogP contribution in [0.25, 0.3) is 32.8 Å². The Hall–Kier alpha value is -6.98. The molecule has 4 amide bonds. The first-order valence-electron chi connectivity index (χ1n) is 24.8. The van der Waals surface area contributed by atoms with Crippen molar-refractivity contribution in [1.82, 2.24) is 34.4 Å². The molecule has 5 heterocycles. The van der Waals surface area contributed by atoms with Crippen molar-refractivity contribution >= 4 is 68.6 Å². The number of amides is 4. The smallest absolute Gasteiger partial charge is 0.355 e. The molecule has 3 aliphatic rings. The fourth-order valence-corrected chi connectivity index (χ4v) is 10.7. The lowest BCUT2D eigenvalue weighted by atomic mass is 9.98. The van der Waals surface area contributed by atoms with Gasteiger partial charge in [0.05, 0.1) is 35.1 Å². The highest BCUT2D eigenvalue weighted by molar-refractivity contribution is 6.35. The number of rotatable bonds is 15. The lowest BCUT2D eigenvalue weighted by Gasteiger charge is -2.35. The molecular formula is C55H62ClFN8O8. The van der Waals surface area contributed by atoms with Crippen LogP contribution < -0.4 is 19.7 Å². The number of carbonyl (C=O) groups excluding carboxylic acids is 5. The fraction of sp³-hybridized carbons (Fsp3) is 0.418. The normalized spacial score (nSPS) is 16.4. The van der Waals surface area contributed by atoms with Gasteiger partial charge in [0.2, 0.25) is 11.8 Å². The van der Waals surface area contributed by atoms with E-state index in [4.69, 9.17) is 30.9 Å². The lowest BCUT2D eigenvalue weighted by Crippen LogP contribution is -2.52. The molecule has 2 aromatic heterocycles. The molecule has 4 aromatic carbocycles. The molecule has 9 rings (SSSR count). The summed E-state index contributed by atoms with van der Waals surface area (Å²) < 4.78 is 36.8. The lowest BCUT2D eigenvalue weighted by molar-refractivity contribution is -0.137. The van der Waals surface area contributed by atoms with E-state index in [1.807, 2.05) is 95.7 Å². The number of hydrogen-bond donors (Lipinski definition) is 1. The second kappa shape index (κ2) is 20.5. The molecule has 73 heavy (non-hydrogen) atoms. The molecule has 384 valence electrons. The zero-order valence-corrected chi connectivity index (χ0v) is 43.5. The standard InChI is InChI=1S/C55H62ClFN8O8/c1-32-47(33(2)61(8)59-32)48-41(56)18-16-38-37(12-10-28-71-44-13-9-11-34-29-35(57)14-15-36(34)44)50(54(70)73-55(3,4)5)64(49(38)48)27-24-62-22-25-63(26-23-62)46(67)31-72-51-40-30-65(43-20-21-45(66)58-52(43)68)53(69)39(40)17-19-42(51)60(6)7/h9,11,13-19,29,43H,10,12,20-28,30-31H2,1-8H3,(H,58,66,68). The Labute approximate surface area is 428 Å². The number of halogens is 2. The van der Waals surface area contributed by atoms with Gasteiger partial charge in [-0.05, 0) is 107 Å². The van der Waals surface area contributed by atoms with Gasteiger partial charge in [0.25, 0.3) is 11.8 Å². The topological polar surface area (TPSA) is 161 Å². The van der Waals surface area contributed by atoms with Crippen LogP contribution in [0.1, 0.15) is 83.4 Å². The Morgan fingerprint density at radius 3 is 2.38 bits per heavy atom. The minimum atomic E-state index is -0.793. The number of hydrogen-bond acceptors (Lipinski definition) is 11. The predicted octanol–water partition coefficient (Wildman–Crippen LogP) is 7.62. The summed E-state index contributed by atoms with van der Waals surface area (Å²) in [5.41, 5.74) is 6.33. The number of nitrogens with zero attached hydrogens (tertiary/aromatic N) is 7. The van der Waals surface area contributed by atoms with Crippen LogP contribution in [0.15, 0.2) is 60.7 Å². The molecule has 0 aliphatic carbocycles. The van der Waals surface area contributed by atoms with Crippen LogP contribution in [0.4, 0.5) is 10.1 Å². The Morgan fingerprint density at radius 1 is 0.932 bits per heavy atom. The van der Waals surface area contributed by atoms with Crippen molar-refractivity contribution in [3.8, 4) is 22.6 Å². The summed E-state index contributed by atoms with van der Waals surface area (Å²) in [7, 11) is 5.60.